The second kappa shape index (κ2) is 8.49. The number of anilines is 1. The second-order valence-corrected chi connectivity index (χ2v) is 9.10. The summed E-state index contributed by atoms with van der Waals surface area (Å²) in [5, 5.41) is 0. The minimum atomic E-state index is -0.542. The van der Waals surface area contributed by atoms with Gasteiger partial charge in [-0.15, -0.1) is 11.6 Å². The molecule has 0 spiro atoms. The topological polar surface area (TPSA) is 72.1 Å². The molecular formula is C21H32ClN5O3. The Morgan fingerprint density at radius 1 is 1.23 bits per heavy atom. The minimum absolute atomic E-state index is 0.0192. The first-order valence-corrected chi connectivity index (χ1v) is 11.0. The first-order valence-electron chi connectivity index (χ1n) is 10.5. The number of ether oxygens (including phenoxy) is 1. The minimum Gasteiger partial charge on any atom is -0.444 e. The van der Waals surface area contributed by atoms with E-state index in [0.29, 0.717) is 24.4 Å². The average molecular weight is 438 g/mol. The number of hydrogen-bond donors (Lipinski definition) is 0. The van der Waals surface area contributed by atoms with E-state index in [1.807, 2.05) is 25.7 Å². The number of nitrogens with zero attached hydrogens (tertiary/aromatic N) is 5. The van der Waals surface area contributed by atoms with Crippen molar-refractivity contribution in [3.8, 4) is 0 Å². The molecule has 9 heteroatoms. The van der Waals surface area contributed by atoms with Gasteiger partial charge < -0.3 is 14.5 Å². The zero-order valence-corrected chi connectivity index (χ0v) is 19.4. The highest BCUT2D eigenvalue weighted by atomic mass is 35.5. The van der Waals surface area contributed by atoms with E-state index < -0.39 is 5.60 Å². The molecule has 2 aromatic heterocycles. The zero-order valence-electron chi connectivity index (χ0n) is 18.7. The molecule has 30 heavy (non-hydrogen) atoms. The summed E-state index contributed by atoms with van der Waals surface area (Å²) < 4.78 is 8.93. The van der Waals surface area contributed by atoms with E-state index in [0.717, 1.165) is 18.5 Å². The number of halogens is 1. The van der Waals surface area contributed by atoms with E-state index in [4.69, 9.17) is 16.3 Å². The Hall–Kier alpha value is -2.22. The van der Waals surface area contributed by atoms with Crippen molar-refractivity contribution in [2.45, 2.75) is 71.0 Å². The Labute approximate surface area is 182 Å². The third kappa shape index (κ3) is 4.29. The van der Waals surface area contributed by atoms with Crippen molar-refractivity contribution in [2.75, 3.05) is 18.0 Å². The molecule has 1 aliphatic heterocycles. The normalized spacial score (nSPS) is 20.1. The number of rotatable bonds is 4. The third-order valence-electron chi connectivity index (χ3n) is 5.58. The summed E-state index contributed by atoms with van der Waals surface area (Å²) in [6.45, 7) is 10.9. The standard InChI is InChI=1S/C21H32ClN5O3/c1-7-15-13-26(20(29)30-21(3,4)5)16(8-2)12-25(15)17-9-18(28)24(6)27-11-14(10-22)23-19(17)27/h9,11,15-16H,7-8,10,12-13H2,1-6H3/t15-,16+/m0/s1. The van der Waals surface area contributed by atoms with Crippen molar-refractivity contribution >= 4 is 29.0 Å². The van der Waals surface area contributed by atoms with Crippen molar-refractivity contribution in [2.24, 2.45) is 7.05 Å². The van der Waals surface area contributed by atoms with Gasteiger partial charge in [0.05, 0.1) is 29.5 Å². The molecule has 0 radical (unpaired) electrons. The Bertz CT molecular complexity index is 977. The van der Waals surface area contributed by atoms with Gasteiger partial charge in [-0.05, 0) is 33.6 Å². The summed E-state index contributed by atoms with van der Waals surface area (Å²) in [7, 11) is 1.71. The number of carbonyl (C=O) groups excluding carboxylic acids is 1. The van der Waals surface area contributed by atoms with Crippen molar-refractivity contribution in [3.63, 3.8) is 0 Å². The van der Waals surface area contributed by atoms with Gasteiger partial charge in [0.25, 0.3) is 5.56 Å². The molecule has 166 valence electrons. The number of piperazine rings is 1. The number of imidazole rings is 1. The highest BCUT2D eigenvalue weighted by Gasteiger charge is 2.38. The number of fused-ring (bicyclic) bond motifs is 1. The molecule has 0 bridgehead atoms. The third-order valence-corrected chi connectivity index (χ3v) is 5.86. The average Bonchev–Trinajstić information content (AvgIpc) is 3.13. The van der Waals surface area contributed by atoms with Gasteiger partial charge in [-0.3, -0.25) is 4.79 Å². The van der Waals surface area contributed by atoms with Crippen molar-refractivity contribution in [3.05, 3.63) is 28.3 Å². The maximum absolute atomic E-state index is 12.8. The van der Waals surface area contributed by atoms with Crippen LogP contribution in [-0.2, 0) is 17.7 Å². The summed E-state index contributed by atoms with van der Waals surface area (Å²) in [4.78, 5) is 34.2. The molecule has 3 rings (SSSR count). The number of amides is 1. The van der Waals surface area contributed by atoms with Crippen LogP contribution in [0.1, 0.15) is 53.2 Å². The number of aryl methyl sites for hydroxylation is 1. The van der Waals surface area contributed by atoms with E-state index in [9.17, 15) is 9.59 Å². The molecule has 1 aliphatic rings. The fourth-order valence-corrected chi connectivity index (χ4v) is 4.09. The molecule has 0 saturated carbocycles. The maximum Gasteiger partial charge on any atom is 0.410 e. The first-order chi connectivity index (χ1) is 14.1. The summed E-state index contributed by atoms with van der Waals surface area (Å²) in [5.41, 5.74) is 1.54. The van der Waals surface area contributed by atoms with Gasteiger partial charge in [0.15, 0.2) is 5.65 Å². The molecule has 0 N–H and O–H groups in total. The van der Waals surface area contributed by atoms with Crippen LogP contribution in [-0.4, -0.2) is 55.9 Å². The quantitative estimate of drug-likeness (QED) is 0.685. The van der Waals surface area contributed by atoms with Crippen molar-refractivity contribution < 1.29 is 9.53 Å². The van der Waals surface area contributed by atoms with E-state index in [2.05, 4.69) is 23.7 Å². The molecule has 3 heterocycles. The molecule has 1 amide bonds. The van der Waals surface area contributed by atoms with Crippen LogP contribution < -0.4 is 10.5 Å². The molecular weight excluding hydrogens is 406 g/mol. The van der Waals surface area contributed by atoms with Gasteiger partial charge in [-0.2, -0.15) is 0 Å². The highest BCUT2D eigenvalue weighted by molar-refractivity contribution is 6.16. The van der Waals surface area contributed by atoms with Crippen LogP contribution in [0.15, 0.2) is 17.1 Å². The van der Waals surface area contributed by atoms with Gasteiger partial charge in [0.2, 0.25) is 0 Å². The van der Waals surface area contributed by atoms with Gasteiger partial charge in [0, 0.05) is 32.2 Å². The van der Waals surface area contributed by atoms with Crippen LogP contribution in [0.3, 0.4) is 0 Å². The molecule has 1 saturated heterocycles. The van der Waals surface area contributed by atoms with E-state index in [1.54, 1.807) is 23.8 Å². The Morgan fingerprint density at radius 2 is 1.90 bits per heavy atom. The lowest BCUT2D eigenvalue weighted by Gasteiger charge is -2.47. The SMILES string of the molecule is CC[C@@H]1CN(c2cc(=O)n(C)n3cc(CCl)nc23)[C@@H](CC)CN1C(=O)OC(C)(C)C. The van der Waals surface area contributed by atoms with Gasteiger partial charge >= 0.3 is 6.09 Å². The summed E-state index contributed by atoms with van der Waals surface area (Å²) in [6, 6.07) is 1.67. The maximum atomic E-state index is 12.8. The molecule has 2 aromatic rings. The van der Waals surface area contributed by atoms with Crippen LogP contribution >= 0.6 is 11.6 Å². The fraction of sp³-hybridized carbons (Fsp3) is 0.667. The summed E-state index contributed by atoms with van der Waals surface area (Å²) in [6.07, 6.45) is 3.11. The monoisotopic (exact) mass is 437 g/mol. The Kier molecular flexibility index (Phi) is 6.36. The fourth-order valence-electron chi connectivity index (χ4n) is 3.97. The highest BCUT2D eigenvalue weighted by Crippen LogP contribution is 2.29. The molecule has 1 fully saturated rings. The Morgan fingerprint density at radius 3 is 2.47 bits per heavy atom. The molecule has 0 aromatic carbocycles. The molecule has 0 unspecified atom stereocenters. The van der Waals surface area contributed by atoms with Crippen LogP contribution in [0, 0.1) is 0 Å². The lowest BCUT2D eigenvalue weighted by Crippen LogP contribution is -2.60. The molecule has 8 nitrogen and oxygen atoms in total. The van der Waals surface area contributed by atoms with Gasteiger partial charge in [-0.25, -0.2) is 19.0 Å². The number of carbonyl (C=O) groups is 1. The smallest absolute Gasteiger partial charge is 0.410 e. The molecule has 2 atom stereocenters. The predicted octanol–water partition coefficient (Wildman–Crippen LogP) is 3.39. The lowest BCUT2D eigenvalue weighted by atomic mass is 10.0. The number of hydrogen-bond acceptors (Lipinski definition) is 5. The van der Waals surface area contributed by atoms with Crippen LogP contribution in [0.5, 0.6) is 0 Å². The summed E-state index contributed by atoms with van der Waals surface area (Å²) in [5.74, 6) is 0.274. The van der Waals surface area contributed by atoms with Gasteiger partial charge in [0.1, 0.15) is 5.60 Å². The van der Waals surface area contributed by atoms with Crippen molar-refractivity contribution in [1.82, 2.24) is 19.1 Å². The lowest BCUT2D eigenvalue weighted by molar-refractivity contribution is 0.00989. The first kappa shape index (κ1) is 22.5. The van der Waals surface area contributed by atoms with E-state index in [-0.39, 0.29) is 29.6 Å². The zero-order chi connectivity index (χ0) is 22.2. The number of alkyl halides is 1. The largest absolute Gasteiger partial charge is 0.444 e. The van der Waals surface area contributed by atoms with Crippen LogP contribution in [0.25, 0.3) is 5.65 Å². The van der Waals surface area contributed by atoms with Crippen LogP contribution in [0.4, 0.5) is 10.5 Å². The number of aromatic nitrogens is 3. The van der Waals surface area contributed by atoms with Crippen LogP contribution in [0.2, 0.25) is 0 Å². The predicted molar refractivity (Wildman–Crippen MR) is 118 cm³/mol. The van der Waals surface area contributed by atoms with Gasteiger partial charge in [-0.1, -0.05) is 13.8 Å². The van der Waals surface area contributed by atoms with Crippen molar-refractivity contribution in [1.29, 1.82) is 0 Å². The summed E-state index contributed by atoms with van der Waals surface area (Å²) >= 11 is 6.00. The van der Waals surface area contributed by atoms with E-state index in [1.165, 1.54) is 4.68 Å². The second-order valence-electron chi connectivity index (χ2n) is 8.83. The molecule has 0 aliphatic carbocycles. The Balaban J connectivity index is 2.01. The van der Waals surface area contributed by atoms with E-state index >= 15 is 0 Å².